The van der Waals surface area contributed by atoms with E-state index in [1.165, 1.54) is 23.1 Å². The van der Waals surface area contributed by atoms with Crippen LogP contribution < -0.4 is 10.0 Å². The summed E-state index contributed by atoms with van der Waals surface area (Å²) in [5, 5.41) is 0.220. The van der Waals surface area contributed by atoms with Gasteiger partial charge in [0.1, 0.15) is 6.54 Å². The molecule has 1 aliphatic rings. The van der Waals surface area contributed by atoms with E-state index in [1.807, 2.05) is 6.92 Å². The van der Waals surface area contributed by atoms with Crippen LogP contribution in [0.1, 0.15) is 18.4 Å². The summed E-state index contributed by atoms with van der Waals surface area (Å²) >= 11 is 12.4. The molecule has 1 heterocycles. The van der Waals surface area contributed by atoms with Crippen LogP contribution in [0.15, 0.2) is 47.4 Å². The fraction of sp³-hybridized carbons (Fsp3) is 0.333. The van der Waals surface area contributed by atoms with Crippen molar-refractivity contribution >= 4 is 50.7 Å². The molecule has 0 aromatic heterocycles. The fourth-order valence-electron chi connectivity index (χ4n) is 3.46. The first kappa shape index (κ1) is 23.4. The number of likely N-dealkylation sites (tertiary alicyclic amines) is 1. The summed E-state index contributed by atoms with van der Waals surface area (Å²) in [7, 11) is -4.10. The number of hydrogen-bond acceptors (Lipinski definition) is 4. The van der Waals surface area contributed by atoms with Crippen molar-refractivity contribution in [3.8, 4) is 0 Å². The zero-order valence-electron chi connectivity index (χ0n) is 16.9. The van der Waals surface area contributed by atoms with E-state index in [9.17, 15) is 18.0 Å². The highest BCUT2D eigenvalue weighted by atomic mass is 35.5. The molecule has 7 nitrogen and oxygen atoms in total. The number of carbonyl (C=O) groups is 2. The number of carbonyl (C=O) groups excluding carboxylic acids is 2. The van der Waals surface area contributed by atoms with Crippen molar-refractivity contribution in [2.24, 2.45) is 11.7 Å². The van der Waals surface area contributed by atoms with Gasteiger partial charge in [-0.25, -0.2) is 8.42 Å². The molecule has 0 bridgehead atoms. The first-order chi connectivity index (χ1) is 14.6. The van der Waals surface area contributed by atoms with Gasteiger partial charge in [0, 0.05) is 19.0 Å². The third-order valence-corrected chi connectivity index (χ3v) is 7.92. The van der Waals surface area contributed by atoms with Crippen molar-refractivity contribution in [3.05, 3.63) is 58.1 Å². The van der Waals surface area contributed by atoms with Crippen molar-refractivity contribution < 1.29 is 18.0 Å². The first-order valence-corrected chi connectivity index (χ1v) is 11.9. The molecule has 2 aromatic carbocycles. The Labute approximate surface area is 191 Å². The van der Waals surface area contributed by atoms with Gasteiger partial charge in [-0.2, -0.15) is 0 Å². The van der Waals surface area contributed by atoms with E-state index in [-0.39, 0.29) is 32.5 Å². The molecule has 3 rings (SSSR count). The zero-order valence-corrected chi connectivity index (χ0v) is 19.3. The Morgan fingerprint density at radius 2 is 1.71 bits per heavy atom. The molecule has 1 fully saturated rings. The van der Waals surface area contributed by atoms with Crippen LogP contribution in [0.4, 0.5) is 5.69 Å². The Morgan fingerprint density at radius 3 is 2.29 bits per heavy atom. The highest BCUT2D eigenvalue weighted by Gasteiger charge is 2.32. The number of piperidine rings is 1. The molecule has 0 spiro atoms. The Hall–Kier alpha value is -2.29. The number of rotatable bonds is 6. The van der Waals surface area contributed by atoms with Crippen molar-refractivity contribution in [2.45, 2.75) is 24.7 Å². The second-order valence-electron chi connectivity index (χ2n) is 7.46. The molecule has 2 aromatic rings. The Bertz CT molecular complexity index is 1080. The lowest BCUT2D eigenvalue weighted by Crippen LogP contribution is -2.47. The third-order valence-electron chi connectivity index (χ3n) is 5.34. The topological polar surface area (TPSA) is 101 Å². The summed E-state index contributed by atoms with van der Waals surface area (Å²) in [5.74, 6) is -1.06. The van der Waals surface area contributed by atoms with Gasteiger partial charge in [-0.1, -0.05) is 47.0 Å². The van der Waals surface area contributed by atoms with Crippen LogP contribution in [0.25, 0.3) is 0 Å². The van der Waals surface area contributed by atoms with Crippen molar-refractivity contribution in [1.82, 2.24) is 4.90 Å². The largest absolute Gasteiger partial charge is 0.369 e. The molecule has 2 amide bonds. The van der Waals surface area contributed by atoms with E-state index in [4.69, 9.17) is 28.9 Å². The molecular formula is C21H23Cl2N3O4S. The highest BCUT2D eigenvalue weighted by Crippen LogP contribution is 2.35. The molecule has 10 heteroatoms. The van der Waals surface area contributed by atoms with Crippen LogP contribution in [0.3, 0.4) is 0 Å². The Morgan fingerprint density at radius 1 is 1.10 bits per heavy atom. The van der Waals surface area contributed by atoms with E-state index in [0.29, 0.717) is 25.9 Å². The lowest BCUT2D eigenvalue weighted by molar-refractivity contribution is -0.133. The van der Waals surface area contributed by atoms with E-state index < -0.39 is 22.5 Å². The number of sulfonamides is 1. The summed E-state index contributed by atoms with van der Waals surface area (Å²) in [6.45, 7) is 2.06. The Balaban J connectivity index is 1.93. The molecule has 0 unspecified atom stereocenters. The number of halogens is 2. The van der Waals surface area contributed by atoms with Gasteiger partial charge in [0.2, 0.25) is 11.8 Å². The molecule has 0 saturated carbocycles. The minimum Gasteiger partial charge on any atom is -0.369 e. The average molecular weight is 484 g/mol. The second-order valence-corrected chi connectivity index (χ2v) is 10.1. The van der Waals surface area contributed by atoms with E-state index in [2.05, 4.69) is 0 Å². The number of benzene rings is 2. The minimum atomic E-state index is -4.10. The minimum absolute atomic E-state index is 0.0365. The van der Waals surface area contributed by atoms with E-state index in [0.717, 1.165) is 9.87 Å². The fourth-order valence-corrected chi connectivity index (χ4v) is 5.33. The monoisotopic (exact) mass is 483 g/mol. The molecular weight excluding hydrogens is 461 g/mol. The van der Waals surface area contributed by atoms with Gasteiger partial charge in [0.25, 0.3) is 10.0 Å². The van der Waals surface area contributed by atoms with Crippen LogP contribution >= 0.6 is 23.2 Å². The number of nitrogens with two attached hydrogens (primary N) is 1. The van der Waals surface area contributed by atoms with E-state index >= 15 is 0 Å². The second kappa shape index (κ2) is 9.46. The summed E-state index contributed by atoms with van der Waals surface area (Å²) in [6, 6.07) is 11.0. The highest BCUT2D eigenvalue weighted by molar-refractivity contribution is 7.92. The SMILES string of the molecule is Cc1ccc(S(=O)(=O)N(CC(=O)N2CCC(C(N)=O)CC2)c2cccc(Cl)c2Cl)cc1. The number of primary amides is 1. The number of aryl methyl sites for hydroxylation is 1. The molecule has 166 valence electrons. The summed E-state index contributed by atoms with van der Waals surface area (Å²) < 4.78 is 27.9. The number of anilines is 1. The van der Waals surface area contributed by atoms with Crippen LogP contribution in [-0.4, -0.2) is 44.8 Å². The van der Waals surface area contributed by atoms with Gasteiger partial charge in [0.15, 0.2) is 0 Å². The van der Waals surface area contributed by atoms with Crippen LogP contribution in [-0.2, 0) is 19.6 Å². The molecule has 0 aliphatic carbocycles. The quantitative estimate of drug-likeness (QED) is 0.681. The standard InChI is InChI=1S/C21H23Cl2N3O4S/c1-14-5-7-16(8-6-14)31(29,30)26(18-4-2-3-17(22)20(18)23)13-19(27)25-11-9-15(10-12-25)21(24)28/h2-8,15H,9-13H2,1H3,(H2,24,28). The molecule has 2 N–H and O–H groups in total. The number of hydrogen-bond donors (Lipinski definition) is 1. The van der Waals surface area contributed by atoms with Gasteiger partial charge >= 0.3 is 0 Å². The van der Waals surface area contributed by atoms with Gasteiger partial charge in [-0.3, -0.25) is 13.9 Å². The normalized spacial score (nSPS) is 15.0. The maximum absolute atomic E-state index is 13.5. The smallest absolute Gasteiger partial charge is 0.264 e. The summed E-state index contributed by atoms with van der Waals surface area (Å²) in [5.41, 5.74) is 6.37. The molecule has 31 heavy (non-hydrogen) atoms. The lowest BCUT2D eigenvalue weighted by Gasteiger charge is -2.33. The maximum Gasteiger partial charge on any atom is 0.264 e. The van der Waals surface area contributed by atoms with Gasteiger partial charge in [-0.15, -0.1) is 0 Å². The van der Waals surface area contributed by atoms with Crippen molar-refractivity contribution in [3.63, 3.8) is 0 Å². The Kier molecular flexibility index (Phi) is 7.13. The van der Waals surface area contributed by atoms with Crippen LogP contribution in [0.5, 0.6) is 0 Å². The van der Waals surface area contributed by atoms with Crippen LogP contribution in [0.2, 0.25) is 10.0 Å². The summed E-state index contributed by atoms with van der Waals surface area (Å²) in [6.07, 6.45) is 0.896. The number of amides is 2. The predicted octanol–water partition coefficient (Wildman–Crippen LogP) is 3.22. The molecule has 1 saturated heterocycles. The van der Waals surface area contributed by atoms with Gasteiger partial charge in [-0.05, 0) is 44.0 Å². The molecule has 1 aliphatic heterocycles. The van der Waals surface area contributed by atoms with Crippen molar-refractivity contribution in [1.29, 1.82) is 0 Å². The number of nitrogens with zero attached hydrogens (tertiary/aromatic N) is 2. The van der Waals surface area contributed by atoms with Gasteiger partial charge < -0.3 is 10.6 Å². The van der Waals surface area contributed by atoms with Gasteiger partial charge in [0.05, 0.1) is 20.6 Å². The first-order valence-electron chi connectivity index (χ1n) is 9.71. The lowest BCUT2D eigenvalue weighted by atomic mass is 9.96. The third kappa shape index (κ3) is 5.14. The summed E-state index contributed by atoms with van der Waals surface area (Å²) in [4.78, 5) is 26.0. The molecule has 0 radical (unpaired) electrons. The van der Waals surface area contributed by atoms with Crippen molar-refractivity contribution in [2.75, 3.05) is 23.9 Å². The molecule has 0 atom stereocenters. The average Bonchev–Trinajstić information content (AvgIpc) is 2.74. The van der Waals surface area contributed by atoms with Crippen LogP contribution in [0, 0.1) is 12.8 Å². The maximum atomic E-state index is 13.5. The zero-order chi connectivity index (χ0) is 22.8. The van der Waals surface area contributed by atoms with E-state index in [1.54, 1.807) is 24.3 Å². The predicted molar refractivity (Wildman–Crippen MR) is 121 cm³/mol.